The van der Waals surface area contributed by atoms with Crippen LogP contribution in [-0.4, -0.2) is 43.6 Å². The summed E-state index contributed by atoms with van der Waals surface area (Å²) in [7, 11) is 0. The lowest BCUT2D eigenvalue weighted by Gasteiger charge is -2.15. The van der Waals surface area contributed by atoms with Gasteiger partial charge in [-0.05, 0) is 55.5 Å². The van der Waals surface area contributed by atoms with Gasteiger partial charge in [0.1, 0.15) is 0 Å². The largest absolute Gasteiger partial charge is 0.337 e. The molecule has 0 radical (unpaired) electrons. The van der Waals surface area contributed by atoms with E-state index in [4.69, 9.17) is 10.5 Å². The zero-order valence-electron chi connectivity index (χ0n) is 18.6. The second-order valence-electron chi connectivity index (χ2n) is 8.85. The second kappa shape index (κ2) is 9.32. The zero-order valence-corrected chi connectivity index (χ0v) is 18.6. The Kier molecular flexibility index (Phi) is 5.92. The van der Waals surface area contributed by atoms with Crippen LogP contribution in [0.4, 0.5) is 11.6 Å². The number of nitriles is 2. The van der Waals surface area contributed by atoms with Crippen molar-refractivity contribution >= 4 is 17.5 Å². The van der Waals surface area contributed by atoms with Crippen molar-refractivity contribution in [3.63, 3.8) is 0 Å². The summed E-state index contributed by atoms with van der Waals surface area (Å²) in [6.07, 6.45) is 8.14. The molecule has 5 rings (SSSR count). The lowest BCUT2D eigenvalue weighted by Crippen LogP contribution is -2.28. The smallest absolute Gasteiger partial charge is 0.253 e. The first-order valence-corrected chi connectivity index (χ1v) is 11.4. The number of nitrogens with zero attached hydrogens (tertiary/aromatic N) is 7. The monoisotopic (exact) mass is 452 g/mol. The molecule has 1 aliphatic carbocycles. The minimum absolute atomic E-state index is 0.0515. The van der Waals surface area contributed by atoms with Crippen LogP contribution in [0.1, 0.15) is 29.6 Å². The number of amides is 1. The van der Waals surface area contributed by atoms with Crippen molar-refractivity contribution in [2.75, 3.05) is 18.4 Å². The Bertz CT molecular complexity index is 1270. The van der Waals surface area contributed by atoms with Crippen molar-refractivity contribution in [2.24, 2.45) is 17.8 Å². The van der Waals surface area contributed by atoms with E-state index < -0.39 is 0 Å². The number of anilines is 2. The molecule has 0 bridgehead atoms. The minimum atomic E-state index is -0.0736. The first-order valence-electron chi connectivity index (χ1n) is 11.4. The lowest BCUT2D eigenvalue weighted by atomic mass is 10.1. The molecule has 1 aromatic carbocycles. The summed E-state index contributed by atoms with van der Waals surface area (Å²) < 4.78 is 1.90. The molecule has 34 heavy (non-hydrogen) atoms. The van der Waals surface area contributed by atoms with Gasteiger partial charge in [-0.15, -0.1) is 0 Å². The van der Waals surface area contributed by atoms with Gasteiger partial charge < -0.3 is 10.2 Å². The molecule has 2 aromatic heterocycles. The van der Waals surface area contributed by atoms with Crippen molar-refractivity contribution in [1.82, 2.24) is 24.6 Å². The van der Waals surface area contributed by atoms with Gasteiger partial charge in [-0.3, -0.25) is 9.48 Å². The number of rotatable bonds is 7. The minimum Gasteiger partial charge on any atom is -0.337 e. The molecular formula is C25H24N8O. The first kappa shape index (κ1) is 21.6. The Labute approximate surface area is 197 Å². The summed E-state index contributed by atoms with van der Waals surface area (Å²) in [6.45, 7) is 1.90. The van der Waals surface area contributed by atoms with Crippen LogP contribution in [0.25, 0.3) is 11.3 Å². The van der Waals surface area contributed by atoms with E-state index in [9.17, 15) is 4.79 Å². The second-order valence-corrected chi connectivity index (χ2v) is 8.85. The molecule has 0 spiro atoms. The average Bonchev–Trinajstić information content (AvgIpc) is 3.22. The Morgan fingerprint density at radius 1 is 1.18 bits per heavy atom. The third kappa shape index (κ3) is 4.74. The zero-order chi connectivity index (χ0) is 23.5. The number of carbonyl (C=O) groups excluding carboxylic acids is 1. The molecule has 2 fully saturated rings. The van der Waals surface area contributed by atoms with E-state index in [-0.39, 0.29) is 17.7 Å². The Hall–Kier alpha value is -4.24. The van der Waals surface area contributed by atoms with Gasteiger partial charge in [-0.25, -0.2) is 9.97 Å². The van der Waals surface area contributed by atoms with E-state index in [2.05, 4.69) is 32.5 Å². The molecule has 9 nitrogen and oxygen atoms in total. The van der Waals surface area contributed by atoms with Gasteiger partial charge in [0.15, 0.2) is 0 Å². The lowest BCUT2D eigenvalue weighted by molar-refractivity contribution is 0.0790. The molecule has 1 N–H and O–H groups in total. The van der Waals surface area contributed by atoms with Gasteiger partial charge in [-0.2, -0.15) is 15.6 Å². The highest BCUT2D eigenvalue weighted by molar-refractivity contribution is 5.94. The molecular weight excluding hydrogens is 428 g/mol. The van der Waals surface area contributed by atoms with Crippen LogP contribution in [0.15, 0.2) is 48.9 Å². The number of aromatic nitrogens is 4. The van der Waals surface area contributed by atoms with Crippen LogP contribution >= 0.6 is 0 Å². The summed E-state index contributed by atoms with van der Waals surface area (Å²) in [6, 6.07) is 13.6. The van der Waals surface area contributed by atoms with Gasteiger partial charge in [-0.1, -0.05) is 0 Å². The van der Waals surface area contributed by atoms with E-state index in [0.717, 1.165) is 42.8 Å². The molecule has 170 valence electrons. The fraction of sp³-hybridized carbons (Fsp3) is 0.360. The summed E-state index contributed by atoms with van der Waals surface area (Å²) in [5.74, 6) is 1.04. The van der Waals surface area contributed by atoms with Crippen molar-refractivity contribution in [3.8, 4) is 23.4 Å². The molecule has 3 heterocycles. The Morgan fingerprint density at radius 2 is 2.03 bits per heavy atom. The van der Waals surface area contributed by atoms with E-state index in [0.29, 0.717) is 30.5 Å². The molecule has 3 atom stereocenters. The van der Waals surface area contributed by atoms with Crippen LogP contribution in [0.3, 0.4) is 0 Å². The molecule has 1 amide bonds. The summed E-state index contributed by atoms with van der Waals surface area (Å²) in [5, 5.41) is 25.6. The first-order chi connectivity index (χ1) is 16.6. The molecule has 9 heteroatoms. The highest BCUT2D eigenvalue weighted by Crippen LogP contribution is 2.40. The maximum Gasteiger partial charge on any atom is 0.253 e. The van der Waals surface area contributed by atoms with Crippen LogP contribution in [-0.2, 0) is 6.54 Å². The Balaban J connectivity index is 1.20. The summed E-state index contributed by atoms with van der Waals surface area (Å²) in [5.41, 5.74) is 3.04. The number of carbonyl (C=O) groups is 1. The predicted molar refractivity (Wildman–Crippen MR) is 124 cm³/mol. The standard InChI is InChI=1S/C25H24N8O/c26-12-17-6-9-32(15-17)24(34)18-1-3-22(4-2-18)30-25-28-8-5-23(31-25)21-14-29-33(16-21)10-7-19-11-20(19)13-27/h1-5,8,14,16-17,19-20H,6-7,9-11,15H2,(H,28,30,31)/t17-,19?,20?/m0/s1. The normalized spacial score (nSPS) is 21.0. The number of aryl methyl sites for hydroxylation is 1. The summed E-state index contributed by atoms with van der Waals surface area (Å²) >= 11 is 0. The van der Waals surface area contributed by atoms with Crippen LogP contribution < -0.4 is 5.32 Å². The number of hydrogen-bond acceptors (Lipinski definition) is 7. The van der Waals surface area contributed by atoms with Crippen molar-refractivity contribution < 1.29 is 4.79 Å². The number of likely N-dealkylation sites (tertiary alicyclic amines) is 1. The van der Waals surface area contributed by atoms with Crippen molar-refractivity contribution in [1.29, 1.82) is 10.5 Å². The highest BCUT2D eigenvalue weighted by atomic mass is 16.2. The van der Waals surface area contributed by atoms with Gasteiger partial charge in [0.2, 0.25) is 5.95 Å². The van der Waals surface area contributed by atoms with Gasteiger partial charge in [0.05, 0.1) is 29.9 Å². The quantitative estimate of drug-likeness (QED) is 0.581. The Morgan fingerprint density at radius 3 is 2.76 bits per heavy atom. The van der Waals surface area contributed by atoms with Crippen LogP contribution in [0.2, 0.25) is 0 Å². The molecule has 3 aromatic rings. The fourth-order valence-electron chi connectivity index (χ4n) is 4.28. The van der Waals surface area contributed by atoms with Crippen LogP contribution in [0.5, 0.6) is 0 Å². The molecule has 2 aliphatic rings. The van der Waals surface area contributed by atoms with Gasteiger partial charge in [0, 0.05) is 54.8 Å². The van der Waals surface area contributed by atoms with E-state index in [1.54, 1.807) is 29.4 Å². The number of benzene rings is 1. The molecule has 1 aliphatic heterocycles. The maximum absolute atomic E-state index is 12.6. The number of hydrogen-bond donors (Lipinski definition) is 1. The van der Waals surface area contributed by atoms with Gasteiger partial charge in [0.25, 0.3) is 5.91 Å². The molecule has 2 unspecified atom stereocenters. The van der Waals surface area contributed by atoms with E-state index >= 15 is 0 Å². The van der Waals surface area contributed by atoms with E-state index in [1.165, 1.54) is 0 Å². The average molecular weight is 453 g/mol. The van der Waals surface area contributed by atoms with Gasteiger partial charge >= 0.3 is 0 Å². The third-order valence-electron chi connectivity index (χ3n) is 6.45. The fourth-order valence-corrected chi connectivity index (χ4v) is 4.28. The highest BCUT2D eigenvalue weighted by Gasteiger charge is 2.36. The van der Waals surface area contributed by atoms with Crippen LogP contribution in [0, 0.1) is 40.4 Å². The summed E-state index contributed by atoms with van der Waals surface area (Å²) in [4.78, 5) is 23.3. The predicted octanol–water partition coefficient (Wildman–Crippen LogP) is 3.62. The van der Waals surface area contributed by atoms with E-state index in [1.807, 2.05) is 29.1 Å². The molecule has 1 saturated heterocycles. The third-order valence-corrected chi connectivity index (χ3v) is 6.45. The molecule has 1 saturated carbocycles. The SMILES string of the molecule is N#CC1CC1CCn1cc(-c2ccnc(Nc3ccc(C(=O)N4CC[C@@H](C#N)C4)cc3)n2)cn1. The van der Waals surface area contributed by atoms with Crippen molar-refractivity contribution in [2.45, 2.75) is 25.8 Å². The maximum atomic E-state index is 12.6. The van der Waals surface area contributed by atoms with Crippen molar-refractivity contribution in [3.05, 3.63) is 54.5 Å². The topological polar surface area (TPSA) is 124 Å². The number of nitrogens with one attached hydrogen (secondary N) is 1.